The van der Waals surface area contributed by atoms with Crippen molar-refractivity contribution < 1.29 is 9.13 Å². The maximum absolute atomic E-state index is 14.0. The minimum absolute atomic E-state index is 0.0639. The number of ether oxygens (including phenoxy) is 1. The van der Waals surface area contributed by atoms with Crippen LogP contribution in [0.5, 0.6) is 5.88 Å². The van der Waals surface area contributed by atoms with Crippen LogP contribution < -0.4 is 10.5 Å². The molecule has 0 bridgehead atoms. The highest BCUT2D eigenvalue weighted by atomic mass is 19.1. The summed E-state index contributed by atoms with van der Waals surface area (Å²) in [7, 11) is 0. The van der Waals surface area contributed by atoms with Crippen LogP contribution in [0.4, 0.5) is 4.39 Å². The molecule has 94 valence electrons. The van der Waals surface area contributed by atoms with Crippen molar-refractivity contribution in [3.05, 3.63) is 23.6 Å². The van der Waals surface area contributed by atoms with E-state index >= 15 is 0 Å². The fourth-order valence-corrected chi connectivity index (χ4v) is 2.18. The summed E-state index contributed by atoms with van der Waals surface area (Å²) in [6, 6.07) is 1.41. The van der Waals surface area contributed by atoms with Gasteiger partial charge in [-0.3, -0.25) is 0 Å². The molecule has 0 aliphatic heterocycles. The molecule has 1 unspecified atom stereocenters. The number of aromatic nitrogens is 1. The fourth-order valence-electron chi connectivity index (χ4n) is 2.18. The Morgan fingerprint density at radius 3 is 2.94 bits per heavy atom. The van der Waals surface area contributed by atoms with Crippen LogP contribution in [0.1, 0.15) is 44.2 Å². The van der Waals surface area contributed by atoms with Gasteiger partial charge in [-0.1, -0.05) is 19.3 Å². The first-order chi connectivity index (χ1) is 8.22. The summed E-state index contributed by atoms with van der Waals surface area (Å²) in [5, 5.41) is 0. The third kappa shape index (κ3) is 2.75. The van der Waals surface area contributed by atoms with Gasteiger partial charge >= 0.3 is 0 Å². The average Bonchev–Trinajstić information content (AvgIpc) is 2.26. The Kier molecular flexibility index (Phi) is 3.94. The molecule has 0 radical (unpaired) electrons. The quantitative estimate of drug-likeness (QED) is 0.858. The second-order valence-corrected chi connectivity index (χ2v) is 4.59. The van der Waals surface area contributed by atoms with E-state index in [1.165, 1.54) is 19.3 Å². The van der Waals surface area contributed by atoms with Gasteiger partial charge in [0.15, 0.2) is 5.82 Å². The van der Waals surface area contributed by atoms with Crippen LogP contribution in [0.25, 0.3) is 0 Å². The molecule has 1 aliphatic carbocycles. The summed E-state index contributed by atoms with van der Waals surface area (Å²) in [6.45, 7) is 2.22. The third-order valence-corrected chi connectivity index (χ3v) is 3.38. The molecule has 17 heavy (non-hydrogen) atoms. The van der Waals surface area contributed by atoms with Crippen molar-refractivity contribution in [2.75, 3.05) is 6.61 Å². The molecule has 2 N–H and O–H groups in total. The molecule has 0 saturated heterocycles. The van der Waals surface area contributed by atoms with E-state index in [2.05, 4.69) is 4.98 Å². The number of hydrogen-bond acceptors (Lipinski definition) is 3. The number of rotatable bonds is 5. The molecule has 3 nitrogen and oxygen atoms in total. The molecular formula is C13H19FN2O. The molecule has 2 rings (SSSR count). The van der Waals surface area contributed by atoms with E-state index in [-0.39, 0.29) is 11.9 Å². The summed E-state index contributed by atoms with van der Waals surface area (Å²) >= 11 is 0. The molecule has 1 aromatic rings. The minimum atomic E-state index is -0.402. The minimum Gasteiger partial charge on any atom is -0.476 e. The zero-order valence-electron chi connectivity index (χ0n) is 10.2. The van der Waals surface area contributed by atoms with Gasteiger partial charge in [0.1, 0.15) is 0 Å². The first-order valence-electron chi connectivity index (χ1n) is 6.25. The second kappa shape index (κ2) is 5.45. The van der Waals surface area contributed by atoms with Crippen molar-refractivity contribution in [3.63, 3.8) is 0 Å². The van der Waals surface area contributed by atoms with Crippen LogP contribution in [-0.2, 0) is 0 Å². The van der Waals surface area contributed by atoms with Crippen molar-refractivity contribution in [1.82, 2.24) is 4.98 Å². The van der Waals surface area contributed by atoms with Gasteiger partial charge in [-0.15, -0.1) is 0 Å². The fraction of sp³-hybridized carbons (Fsp3) is 0.615. The lowest BCUT2D eigenvalue weighted by Gasteiger charge is -2.28. The van der Waals surface area contributed by atoms with Crippen molar-refractivity contribution in [3.8, 4) is 5.88 Å². The second-order valence-electron chi connectivity index (χ2n) is 4.59. The van der Waals surface area contributed by atoms with E-state index in [0.29, 0.717) is 18.1 Å². The Morgan fingerprint density at radius 2 is 2.35 bits per heavy atom. The Hall–Kier alpha value is -1.16. The van der Waals surface area contributed by atoms with Crippen molar-refractivity contribution in [1.29, 1.82) is 0 Å². The van der Waals surface area contributed by atoms with Crippen LogP contribution in [-0.4, -0.2) is 11.6 Å². The maximum Gasteiger partial charge on any atom is 0.250 e. The van der Waals surface area contributed by atoms with Gasteiger partial charge in [0.25, 0.3) is 5.88 Å². The van der Waals surface area contributed by atoms with Crippen molar-refractivity contribution in [2.45, 2.75) is 38.6 Å². The Labute approximate surface area is 101 Å². The number of pyridine rings is 1. The summed E-state index contributed by atoms with van der Waals surface area (Å²) in [6.07, 6.45) is 6.13. The van der Waals surface area contributed by atoms with Crippen molar-refractivity contribution >= 4 is 0 Å². The molecule has 0 spiro atoms. The van der Waals surface area contributed by atoms with Gasteiger partial charge in [0.2, 0.25) is 0 Å². The van der Waals surface area contributed by atoms with Crippen LogP contribution in [0, 0.1) is 11.7 Å². The number of nitrogens with two attached hydrogens (primary N) is 1. The zero-order chi connectivity index (χ0) is 12.3. The van der Waals surface area contributed by atoms with E-state index in [1.807, 2.05) is 6.92 Å². The molecule has 4 heteroatoms. The van der Waals surface area contributed by atoms with Gasteiger partial charge in [-0.2, -0.15) is 0 Å². The highest BCUT2D eigenvalue weighted by Crippen LogP contribution is 2.35. The van der Waals surface area contributed by atoms with Gasteiger partial charge < -0.3 is 10.5 Å². The lowest BCUT2D eigenvalue weighted by molar-refractivity contribution is 0.272. The number of nitrogens with zero attached hydrogens (tertiary/aromatic N) is 1. The molecule has 1 fully saturated rings. The van der Waals surface area contributed by atoms with E-state index in [1.54, 1.807) is 12.3 Å². The number of hydrogen-bond donors (Lipinski definition) is 1. The van der Waals surface area contributed by atoms with E-state index < -0.39 is 5.82 Å². The normalized spacial score (nSPS) is 17.6. The lowest BCUT2D eigenvalue weighted by Crippen LogP contribution is -2.21. The molecule has 1 aliphatic rings. The first-order valence-corrected chi connectivity index (χ1v) is 6.25. The molecule has 1 atom stereocenters. The topological polar surface area (TPSA) is 48.1 Å². The Morgan fingerprint density at radius 1 is 1.59 bits per heavy atom. The standard InChI is InChI=1S/C13H19FN2O/c1-2-17-13-12(14)10(6-7-16-13)11(15)8-9-4-3-5-9/h6-7,9,11H,2-5,8,15H2,1H3. The van der Waals surface area contributed by atoms with Crippen LogP contribution >= 0.6 is 0 Å². The zero-order valence-corrected chi connectivity index (χ0v) is 10.2. The molecule has 0 amide bonds. The predicted octanol–water partition coefficient (Wildman–Crippen LogP) is 2.81. The summed E-state index contributed by atoms with van der Waals surface area (Å²) in [5.41, 5.74) is 6.57. The lowest BCUT2D eigenvalue weighted by atomic mass is 9.80. The molecule has 1 saturated carbocycles. The average molecular weight is 238 g/mol. The molecule has 1 aromatic heterocycles. The SMILES string of the molecule is CCOc1nccc(C(N)CC2CCC2)c1F. The monoisotopic (exact) mass is 238 g/mol. The molecular weight excluding hydrogens is 219 g/mol. The Bertz CT molecular complexity index is 380. The van der Waals surface area contributed by atoms with E-state index in [0.717, 1.165) is 6.42 Å². The highest BCUT2D eigenvalue weighted by Gasteiger charge is 2.23. The van der Waals surface area contributed by atoms with Gasteiger partial charge in [0.05, 0.1) is 6.61 Å². The first kappa shape index (κ1) is 12.3. The smallest absolute Gasteiger partial charge is 0.250 e. The van der Waals surface area contributed by atoms with Gasteiger partial charge in [-0.25, -0.2) is 9.37 Å². The van der Waals surface area contributed by atoms with Crippen molar-refractivity contribution in [2.24, 2.45) is 11.7 Å². The Balaban J connectivity index is 2.10. The van der Waals surface area contributed by atoms with Crippen LogP contribution in [0.3, 0.4) is 0 Å². The van der Waals surface area contributed by atoms with E-state index in [9.17, 15) is 4.39 Å². The summed E-state index contributed by atoms with van der Waals surface area (Å²) in [4.78, 5) is 3.87. The third-order valence-electron chi connectivity index (χ3n) is 3.38. The van der Waals surface area contributed by atoms with E-state index in [4.69, 9.17) is 10.5 Å². The van der Waals surface area contributed by atoms with Crippen LogP contribution in [0.2, 0.25) is 0 Å². The summed E-state index contributed by atoms with van der Waals surface area (Å²) in [5.74, 6) is 0.323. The summed E-state index contributed by atoms with van der Waals surface area (Å²) < 4.78 is 19.1. The number of halogens is 1. The largest absolute Gasteiger partial charge is 0.476 e. The molecule has 1 heterocycles. The maximum atomic E-state index is 14.0. The predicted molar refractivity (Wildman–Crippen MR) is 64.3 cm³/mol. The van der Waals surface area contributed by atoms with Gasteiger partial charge in [-0.05, 0) is 25.3 Å². The van der Waals surface area contributed by atoms with Gasteiger partial charge in [0, 0.05) is 17.8 Å². The molecule has 0 aromatic carbocycles. The highest BCUT2D eigenvalue weighted by molar-refractivity contribution is 5.26. The van der Waals surface area contributed by atoms with Crippen LogP contribution in [0.15, 0.2) is 12.3 Å².